The van der Waals surface area contributed by atoms with Crippen LogP contribution in [-0.2, 0) is 25.7 Å². The molecule has 0 amide bonds. The van der Waals surface area contributed by atoms with Crippen molar-refractivity contribution in [1.29, 1.82) is 0 Å². The van der Waals surface area contributed by atoms with Crippen molar-refractivity contribution in [2.75, 3.05) is 7.11 Å². The summed E-state index contributed by atoms with van der Waals surface area (Å²) >= 11 is 0. The van der Waals surface area contributed by atoms with Gasteiger partial charge in [0.15, 0.2) is 0 Å². The Kier molecular flexibility index (Phi) is 5.17. The van der Waals surface area contributed by atoms with E-state index in [0.717, 1.165) is 19.3 Å². The normalized spacial score (nSPS) is 23.6. The molecule has 2 aliphatic rings. The number of nitrogens with zero attached hydrogens (tertiary/aromatic N) is 1. The number of benzene rings is 1. The Bertz CT molecular complexity index is 1030. The number of esters is 2. The standard InChI is InChI=1S/C21H22N2O6/c1-28-20(26)13-5-6-15-16(9-13)22-17(23-19(15)25)10-29-21(27)14-7-11-3-2-4-12(8-14)18(11)24/h5-6,9,11-12,14H,2-4,7-8,10H2,1H3,(H,22,23,25). The van der Waals surface area contributed by atoms with E-state index in [-0.39, 0.29) is 47.3 Å². The van der Waals surface area contributed by atoms with Gasteiger partial charge in [0, 0.05) is 11.8 Å². The van der Waals surface area contributed by atoms with Gasteiger partial charge in [0.2, 0.25) is 0 Å². The van der Waals surface area contributed by atoms with E-state index in [0.29, 0.717) is 29.5 Å². The number of Topliss-reactive ketones (excluding diaryl/α,β-unsaturated/α-hetero) is 1. The first-order chi connectivity index (χ1) is 14.0. The van der Waals surface area contributed by atoms with E-state index in [2.05, 4.69) is 14.7 Å². The topological polar surface area (TPSA) is 115 Å². The van der Waals surface area contributed by atoms with Crippen LogP contribution < -0.4 is 5.56 Å². The van der Waals surface area contributed by atoms with Crippen molar-refractivity contribution in [2.24, 2.45) is 17.8 Å². The lowest BCUT2D eigenvalue weighted by Gasteiger charge is -2.36. The maximum absolute atomic E-state index is 12.5. The van der Waals surface area contributed by atoms with E-state index < -0.39 is 5.97 Å². The molecule has 4 rings (SSSR count). The molecule has 1 heterocycles. The lowest BCUT2D eigenvalue weighted by molar-refractivity contribution is -0.155. The van der Waals surface area contributed by atoms with Gasteiger partial charge in [-0.1, -0.05) is 6.42 Å². The number of H-pyrrole nitrogens is 1. The molecule has 1 N–H and O–H groups in total. The zero-order valence-electron chi connectivity index (χ0n) is 16.1. The predicted molar refractivity (Wildman–Crippen MR) is 102 cm³/mol. The van der Waals surface area contributed by atoms with Crippen molar-refractivity contribution in [3.05, 3.63) is 39.9 Å². The number of hydrogen-bond acceptors (Lipinski definition) is 7. The van der Waals surface area contributed by atoms with Crippen LogP contribution in [0.2, 0.25) is 0 Å². The molecule has 0 spiro atoms. The highest BCUT2D eigenvalue weighted by Gasteiger charge is 2.41. The lowest BCUT2D eigenvalue weighted by atomic mass is 9.67. The number of rotatable bonds is 4. The molecular weight excluding hydrogens is 376 g/mol. The van der Waals surface area contributed by atoms with E-state index in [1.165, 1.54) is 25.3 Å². The third-order valence-electron chi connectivity index (χ3n) is 5.91. The summed E-state index contributed by atoms with van der Waals surface area (Å²) in [4.78, 5) is 55.6. The second kappa shape index (κ2) is 7.77. The van der Waals surface area contributed by atoms with Crippen molar-refractivity contribution >= 4 is 28.6 Å². The average Bonchev–Trinajstić information content (AvgIpc) is 2.70. The SMILES string of the molecule is COC(=O)c1ccc2c(=O)[nH]c(COC(=O)C3CC4CCCC(C3)C4=O)nc2c1. The highest BCUT2D eigenvalue weighted by Crippen LogP contribution is 2.40. The monoisotopic (exact) mass is 398 g/mol. The van der Waals surface area contributed by atoms with Gasteiger partial charge in [0.25, 0.3) is 5.56 Å². The molecule has 2 bridgehead atoms. The fourth-order valence-electron chi connectivity index (χ4n) is 4.43. The van der Waals surface area contributed by atoms with Gasteiger partial charge in [-0.15, -0.1) is 0 Å². The molecule has 0 saturated heterocycles. The van der Waals surface area contributed by atoms with Crippen molar-refractivity contribution < 1.29 is 23.9 Å². The highest BCUT2D eigenvalue weighted by molar-refractivity contribution is 5.94. The van der Waals surface area contributed by atoms with Crippen LogP contribution in [0, 0.1) is 17.8 Å². The second-order valence-electron chi connectivity index (χ2n) is 7.74. The fourth-order valence-corrected chi connectivity index (χ4v) is 4.43. The molecule has 1 aromatic carbocycles. The minimum absolute atomic E-state index is 0.0320. The zero-order valence-corrected chi connectivity index (χ0v) is 16.1. The minimum atomic E-state index is -0.528. The first-order valence-electron chi connectivity index (χ1n) is 9.78. The smallest absolute Gasteiger partial charge is 0.337 e. The zero-order chi connectivity index (χ0) is 20.5. The number of hydrogen-bond donors (Lipinski definition) is 1. The summed E-state index contributed by atoms with van der Waals surface area (Å²) < 4.78 is 10.1. The van der Waals surface area contributed by atoms with Crippen molar-refractivity contribution in [3.8, 4) is 0 Å². The van der Waals surface area contributed by atoms with Gasteiger partial charge < -0.3 is 14.5 Å². The number of ether oxygens (including phenoxy) is 2. The maximum atomic E-state index is 12.5. The third kappa shape index (κ3) is 3.79. The molecule has 1 aromatic heterocycles. The molecule has 2 aromatic rings. The van der Waals surface area contributed by atoms with Crippen LogP contribution in [0.3, 0.4) is 0 Å². The number of nitrogens with one attached hydrogen (secondary N) is 1. The lowest BCUT2D eigenvalue weighted by Crippen LogP contribution is -2.39. The van der Waals surface area contributed by atoms with Crippen LogP contribution in [0.1, 0.15) is 48.3 Å². The van der Waals surface area contributed by atoms with Crippen molar-refractivity contribution in [1.82, 2.24) is 9.97 Å². The van der Waals surface area contributed by atoms with Crippen LogP contribution in [-0.4, -0.2) is 34.8 Å². The number of aromatic amines is 1. The third-order valence-corrected chi connectivity index (χ3v) is 5.91. The molecule has 0 aliphatic heterocycles. The molecular formula is C21H22N2O6. The van der Waals surface area contributed by atoms with Gasteiger partial charge in [0.05, 0.1) is 29.5 Å². The summed E-state index contributed by atoms with van der Waals surface area (Å²) in [5, 5.41) is 0.325. The minimum Gasteiger partial charge on any atom is -0.465 e. The Morgan fingerprint density at radius 1 is 1.17 bits per heavy atom. The van der Waals surface area contributed by atoms with Gasteiger partial charge in [-0.05, 0) is 43.9 Å². The van der Waals surface area contributed by atoms with E-state index in [4.69, 9.17) is 4.74 Å². The number of fused-ring (bicyclic) bond motifs is 3. The average molecular weight is 398 g/mol. The maximum Gasteiger partial charge on any atom is 0.337 e. The largest absolute Gasteiger partial charge is 0.465 e. The van der Waals surface area contributed by atoms with Crippen LogP contribution >= 0.6 is 0 Å². The van der Waals surface area contributed by atoms with Crippen LogP contribution in [0.4, 0.5) is 0 Å². The summed E-state index contributed by atoms with van der Waals surface area (Å²) in [7, 11) is 1.27. The van der Waals surface area contributed by atoms with Gasteiger partial charge in [0.1, 0.15) is 18.2 Å². The second-order valence-corrected chi connectivity index (χ2v) is 7.74. The fraction of sp³-hybridized carbons (Fsp3) is 0.476. The van der Waals surface area contributed by atoms with E-state index in [1.54, 1.807) is 0 Å². The predicted octanol–water partition coefficient (Wildman–Crippen LogP) is 2.15. The molecule has 0 radical (unpaired) electrons. The van der Waals surface area contributed by atoms with E-state index >= 15 is 0 Å². The molecule has 2 atom stereocenters. The number of carbonyl (C=O) groups excluding carboxylic acids is 3. The Morgan fingerprint density at radius 2 is 1.90 bits per heavy atom. The first-order valence-corrected chi connectivity index (χ1v) is 9.78. The quantitative estimate of drug-likeness (QED) is 0.785. The number of methoxy groups -OCH3 is 1. The van der Waals surface area contributed by atoms with Gasteiger partial charge in [-0.2, -0.15) is 0 Å². The first kappa shape index (κ1) is 19.3. The summed E-state index contributed by atoms with van der Waals surface area (Å²) in [6.45, 7) is -0.174. The molecule has 2 fully saturated rings. The molecule has 152 valence electrons. The van der Waals surface area contributed by atoms with Crippen LogP contribution in [0.25, 0.3) is 10.9 Å². The number of ketones is 1. The molecule has 2 aliphatic carbocycles. The summed E-state index contributed by atoms with van der Waals surface area (Å²) in [6.07, 6.45) is 3.82. The Morgan fingerprint density at radius 3 is 2.59 bits per heavy atom. The molecule has 2 saturated carbocycles. The van der Waals surface area contributed by atoms with Gasteiger partial charge >= 0.3 is 11.9 Å². The van der Waals surface area contributed by atoms with E-state index in [9.17, 15) is 19.2 Å². The van der Waals surface area contributed by atoms with E-state index in [1.807, 2.05) is 0 Å². The van der Waals surface area contributed by atoms with Crippen LogP contribution in [0.15, 0.2) is 23.0 Å². The van der Waals surface area contributed by atoms with Crippen molar-refractivity contribution in [2.45, 2.75) is 38.7 Å². The molecule has 8 nitrogen and oxygen atoms in total. The summed E-state index contributed by atoms with van der Waals surface area (Å²) in [5.74, 6) is -0.751. The highest BCUT2D eigenvalue weighted by atomic mass is 16.5. The molecule has 29 heavy (non-hydrogen) atoms. The van der Waals surface area contributed by atoms with Crippen LogP contribution in [0.5, 0.6) is 0 Å². The summed E-state index contributed by atoms with van der Waals surface area (Å²) in [5.41, 5.74) is 0.218. The Balaban J connectivity index is 1.48. The Labute approximate surface area is 166 Å². The van der Waals surface area contributed by atoms with Crippen molar-refractivity contribution in [3.63, 3.8) is 0 Å². The number of aromatic nitrogens is 2. The number of carbonyl (C=O) groups is 3. The Hall–Kier alpha value is -3.03. The summed E-state index contributed by atoms with van der Waals surface area (Å²) in [6, 6.07) is 4.46. The van der Waals surface area contributed by atoms with Gasteiger partial charge in [-0.3, -0.25) is 14.4 Å². The molecule has 2 unspecified atom stereocenters. The molecule has 8 heteroatoms. The van der Waals surface area contributed by atoms with Gasteiger partial charge in [-0.25, -0.2) is 9.78 Å².